The summed E-state index contributed by atoms with van der Waals surface area (Å²) in [6, 6.07) is 3.68. The number of carbonyl (C=O) groups is 1. The maximum atomic E-state index is 10.2. The first-order chi connectivity index (χ1) is 6.59. The van der Waals surface area contributed by atoms with Crippen molar-refractivity contribution in [3.05, 3.63) is 29.6 Å². The third-order valence-electron chi connectivity index (χ3n) is 1.65. The van der Waals surface area contributed by atoms with Crippen LogP contribution in [0.2, 0.25) is 0 Å². The number of rotatable bonds is 2. The molecule has 0 atom stereocenters. The molecule has 2 N–H and O–H groups in total. The SMILES string of the molecule is C/C(=N/NC(=O)O)c1ccc(C)nc1. The molecule has 1 aromatic heterocycles. The van der Waals surface area contributed by atoms with E-state index >= 15 is 0 Å². The molecule has 14 heavy (non-hydrogen) atoms. The molecule has 74 valence electrons. The molecule has 0 bridgehead atoms. The Balaban J connectivity index is 2.78. The van der Waals surface area contributed by atoms with Gasteiger partial charge in [0.25, 0.3) is 0 Å². The normalized spacial score (nSPS) is 11.1. The van der Waals surface area contributed by atoms with E-state index in [0.29, 0.717) is 5.71 Å². The zero-order valence-electron chi connectivity index (χ0n) is 7.98. The van der Waals surface area contributed by atoms with Gasteiger partial charge in [0.15, 0.2) is 0 Å². The van der Waals surface area contributed by atoms with E-state index in [1.54, 1.807) is 13.1 Å². The third-order valence-corrected chi connectivity index (χ3v) is 1.65. The molecule has 0 aliphatic carbocycles. The van der Waals surface area contributed by atoms with Crippen LogP contribution in [-0.4, -0.2) is 21.9 Å². The Bertz CT molecular complexity index is 357. The number of aromatic nitrogens is 1. The lowest BCUT2D eigenvalue weighted by molar-refractivity contribution is 0.195. The number of carboxylic acid groups (broad SMARTS) is 1. The van der Waals surface area contributed by atoms with Crippen LogP contribution in [0.1, 0.15) is 18.2 Å². The summed E-state index contributed by atoms with van der Waals surface area (Å²) in [7, 11) is 0. The predicted octanol–water partition coefficient (Wildman–Crippen LogP) is 1.38. The fourth-order valence-electron chi connectivity index (χ4n) is 0.878. The van der Waals surface area contributed by atoms with E-state index in [2.05, 4.69) is 10.1 Å². The van der Waals surface area contributed by atoms with Crippen molar-refractivity contribution in [1.82, 2.24) is 10.4 Å². The molecule has 0 radical (unpaired) electrons. The molecule has 0 saturated carbocycles. The van der Waals surface area contributed by atoms with E-state index in [9.17, 15) is 4.79 Å². The molecule has 5 nitrogen and oxygen atoms in total. The summed E-state index contributed by atoms with van der Waals surface area (Å²) < 4.78 is 0. The van der Waals surface area contributed by atoms with Crippen LogP contribution in [0, 0.1) is 6.92 Å². The van der Waals surface area contributed by atoms with Crippen LogP contribution in [-0.2, 0) is 0 Å². The van der Waals surface area contributed by atoms with Crippen molar-refractivity contribution in [1.29, 1.82) is 0 Å². The number of nitrogens with one attached hydrogen (secondary N) is 1. The number of hydrogen-bond donors (Lipinski definition) is 2. The van der Waals surface area contributed by atoms with Gasteiger partial charge in [-0.05, 0) is 26.0 Å². The summed E-state index contributed by atoms with van der Waals surface area (Å²) in [5, 5.41) is 12.0. The Labute approximate surface area is 81.5 Å². The van der Waals surface area contributed by atoms with Gasteiger partial charge in [0, 0.05) is 17.5 Å². The van der Waals surface area contributed by atoms with Crippen LogP contribution in [0.3, 0.4) is 0 Å². The molecule has 0 saturated heterocycles. The third kappa shape index (κ3) is 2.85. The lowest BCUT2D eigenvalue weighted by Crippen LogP contribution is -2.16. The highest BCUT2D eigenvalue weighted by atomic mass is 16.4. The van der Waals surface area contributed by atoms with Crippen molar-refractivity contribution < 1.29 is 9.90 Å². The van der Waals surface area contributed by atoms with Crippen molar-refractivity contribution in [2.75, 3.05) is 0 Å². The topological polar surface area (TPSA) is 74.6 Å². The Morgan fingerprint density at radius 2 is 2.29 bits per heavy atom. The molecule has 0 fully saturated rings. The van der Waals surface area contributed by atoms with E-state index in [-0.39, 0.29) is 0 Å². The van der Waals surface area contributed by atoms with E-state index in [4.69, 9.17) is 5.11 Å². The smallest absolute Gasteiger partial charge is 0.425 e. The fraction of sp³-hybridized carbons (Fsp3) is 0.222. The Morgan fingerprint density at radius 3 is 2.79 bits per heavy atom. The summed E-state index contributed by atoms with van der Waals surface area (Å²) in [5.74, 6) is 0. The highest BCUT2D eigenvalue weighted by Gasteiger charge is 1.98. The summed E-state index contributed by atoms with van der Waals surface area (Å²) in [5.41, 5.74) is 4.22. The molecular formula is C9H11N3O2. The maximum absolute atomic E-state index is 10.2. The van der Waals surface area contributed by atoms with E-state index < -0.39 is 6.09 Å². The number of amides is 1. The fourth-order valence-corrected chi connectivity index (χ4v) is 0.878. The number of hydrazone groups is 1. The van der Waals surface area contributed by atoms with Crippen molar-refractivity contribution >= 4 is 11.8 Å². The Morgan fingerprint density at radius 1 is 1.57 bits per heavy atom. The monoisotopic (exact) mass is 193 g/mol. The first-order valence-electron chi connectivity index (χ1n) is 4.06. The van der Waals surface area contributed by atoms with Gasteiger partial charge in [-0.25, -0.2) is 10.2 Å². The highest BCUT2D eigenvalue weighted by molar-refractivity contribution is 5.98. The van der Waals surface area contributed by atoms with Gasteiger partial charge in [0.05, 0.1) is 5.71 Å². The lowest BCUT2D eigenvalue weighted by atomic mass is 10.2. The molecule has 0 spiro atoms. The molecule has 1 amide bonds. The van der Waals surface area contributed by atoms with Crippen molar-refractivity contribution in [2.45, 2.75) is 13.8 Å². The average Bonchev–Trinajstić information content (AvgIpc) is 2.15. The minimum Gasteiger partial charge on any atom is -0.464 e. The van der Waals surface area contributed by atoms with Gasteiger partial charge in [-0.15, -0.1) is 0 Å². The number of aryl methyl sites for hydroxylation is 1. The summed E-state index contributed by atoms with van der Waals surface area (Å²) in [4.78, 5) is 14.2. The first-order valence-corrected chi connectivity index (χ1v) is 4.06. The second-order valence-corrected chi connectivity index (χ2v) is 2.80. The standard InChI is InChI=1S/C9H11N3O2/c1-6-3-4-8(5-10-6)7(2)11-12-9(13)14/h3-5,12H,1-2H3,(H,13,14)/b11-7-. The van der Waals surface area contributed by atoms with Crippen molar-refractivity contribution in [2.24, 2.45) is 5.10 Å². The average molecular weight is 193 g/mol. The second-order valence-electron chi connectivity index (χ2n) is 2.80. The molecular weight excluding hydrogens is 182 g/mol. The number of hydrogen-bond acceptors (Lipinski definition) is 3. The van der Waals surface area contributed by atoms with Crippen molar-refractivity contribution in [3.63, 3.8) is 0 Å². The van der Waals surface area contributed by atoms with Gasteiger partial charge < -0.3 is 5.11 Å². The zero-order chi connectivity index (χ0) is 10.6. The molecule has 0 aromatic carbocycles. The van der Waals surface area contributed by atoms with Gasteiger partial charge in [-0.3, -0.25) is 4.98 Å². The highest BCUT2D eigenvalue weighted by Crippen LogP contribution is 2.00. The number of nitrogens with zero attached hydrogens (tertiary/aromatic N) is 2. The van der Waals surface area contributed by atoms with E-state index in [1.165, 1.54) is 0 Å². The quantitative estimate of drug-likeness (QED) is 0.550. The van der Waals surface area contributed by atoms with Gasteiger partial charge >= 0.3 is 6.09 Å². The minimum atomic E-state index is -1.18. The zero-order valence-corrected chi connectivity index (χ0v) is 7.98. The van der Waals surface area contributed by atoms with Crippen LogP contribution in [0.25, 0.3) is 0 Å². The molecule has 0 aliphatic rings. The van der Waals surface area contributed by atoms with Gasteiger partial charge in [-0.1, -0.05) is 0 Å². The Hall–Kier alpha value is -1.91. The molecule has 1 rings (SSSR count). The molecule has 0 unspecified atom stereocenters. The van der Waals surface area contributed by atoms with Crippen LogP contribution in [0.5, 0.6) is 0 Å². The second kappa shape index (κ2) is 4.36. The number of pyridine rings is 1. The molecule has 1 aromatic rings. The predicted molar refractivity (Wildman–Crippen MR) is 52.3 cm³/mol. The van der Waals surface area contributed by atoms with E-state index in [0.717, 1.165) is 11.3 Å². The van der Waals surface area contributed by atoms with Crippen LogP contribution in [0.4, 0.5) is 4.79 Å². The first kappa shape index (κ1) is 10.2. The van der Waals surface area contributed by atoms with Crippen LogP contribution < -0.4 is 5.43 Å². The maximum Gasteiger partial charge on any atom is 0.425 e. The minimum absolute atomic E-state index is 0.583. The lowest BCUT2D eigenvalue weighted by Gasteiger charge is -1.99. The van der Waals surface area contributed by atoms with Gasteiger partial charge in [0.2, 0.25) is 0 Å². The van der Waals surface area contributed by atoms with Crippen molar-refractivity contribution in [3.8, 4) is 0 Å². The summed E-state index contributed by atoms with van der Waals surface area (Å²) in [6.45, 7) is 3.59. The van der Waals surface area contributed by atoms with Gasteiger partial charge in [0.1, 0.15) is 0 Å². The molecule has 1 heterocycles. The summed E-state index contributed by atoms with van der Waals surface area (Å²) in [6.07, 6.45) is 0.474. The largest absolute Gasteiger partial charge is 0.464 e. The van der Waals surface area contributed by atoms with Gasteiger partial charge in [-0.2, -0.15) is 5.10 Å². The van der Waals surface area contributed by atoms with E-state index in [1.807, 2.05) is 24.5 Å². The molecule has 0 aliphatic heterocycles. The Kier molecular flexibility index (Phi) is 3.17. The summed E-state index contributed by atoms with van der Waals surface area (Å²) >= 11 is 0. The van der Waals surface area contributed by atoms with Crippen LogP contribution in [0.15, 0.2) is 23.4 Å². The molecule has 5 heteroatoms. The van der Waals surface area contributed by atoms with Crippen LogP contribution >= 0.6 is 0 Å².